The number of hydrogen-bond acceptors (Lipinski definition) is 4. The summed E-state index contributed by atoms with van der Waals surface area (Å²) in [7, 11) is 4.19. The molecule has 0 amide bonds. The molecule has 0 atom stereocenters. The zero-order valence-corrected chi connectivity index (χ0v) is 18.0. The maximum atomic E-state index is 4.89. The lowest BCUT2D eigenvalue weighted by atomic mass is 10.2. The van der Waals surface area contributed by atoms with E-state index >= 15 is 0 Å². The molecule has 4 heteroatoms. The minimum atomic E-state index is 0.933. The van der Waals surface area contributed by atoms with E-state index in [9.17, 15) is 0 Å². The van der Waals surface area contributed by atoms with Crippen LogP contribution >= 0.6 is 0 Å². The van der Waals surface area contributed by atoms with Crippen molar-refractivity contribution < 1.29 is 0 Å². The van der Waals surface area contributed by atoms with Crippen LogP contribution in [-0.4, -0.2) is 39.1 Å². The average Bonchev–Trinajstić information content (AvgIpc) is 2.74. The fourth-order valence-electron chi connectivity index (χ4n) is 2.80. The summed E-state index contributed by atoms with van der Waals surface area (Å²) < 4.78 is 0. The lowest BCUT2D eigenvalue weighted by molar-refractivity contribution is 0.839. The first kappa shape index (κ1) is 21.7. The topological polar surface area (TPSA) is 31.2 Å². The Bertz CT molecular complexity index is 795. The first-order valence-corrected chi connectivity index (χ1v) is 10.3. The van der Waals surface area contributed by atoms with Crippen molar-refractivity contribution in [1.82, 2.24) is 0 Å². The highest BCUT2D eigenvalue weighted by Gasteiger charge is 2.02. The van der Waals surface area contributed by atoms with Gasteiger partial charge >= 0.3 is 0 Å². The van der Waals surface area contributed by atoms with Gasteiger partial charge in [0, 0.05) is 44.8 Å². The number of aliphatic imine (C=N–C) groups is 2. The molecule has 0 aliphatic rings. The van der Waals surface area contributed by atoms with E-state index in [0.29, 0.717) is 0 Å². The molecular formula is C24H34N4. The van der Waals surface area contributed by atoms with E-state index in [1.165, 1.54) is 11.4 Å². The lowest BCUT2D eigenvalue weighted by Crippen LogP contribution is -2.15. The second-order valence-electron chi connectivity index (χ2n) is 7.03. The zero-order valence-electron chi connectivity index (χ0n) is 18.0. The Balaban J connectivity index is 2.26. The van der Waals surface area contributed by atoms with Gasteiger partial charge in [0.15, 0.2) is 0 Å². The van der Waals surface area contributed by atoms with E-state index in [2.05, 4.69) is 87.1 Å². The number of benzene rings is 2. The van der Waals surface area contributed by atoms with Crippen LogP contribution in [0.2, 0.25) is 0 Å². The van der Waals surface area contributed by atoms with E-state index < -0.39 is 0 Å². The summed E-state index contributed by atoms with van der Waals surface area (Å²) >= 11 is 0. The molecule has 28 heavy (non-hydrogen) atoms. The summed E-state index contributed by atoms with van der Waals surface area (Å²) in [5.74, 6) is 0. The van der Waals surface area contributed by atoms with E-state index in [4.69, 9.17) is 9.98 Å². The van der Waals surface area contributed by atoms with Crippen molar-refractivity contribution >= 4 is 34.7 Å². The van der Waals surface area contributed by atoms with Gasteiger partial charge in [-0.15, -0.1) is 0 Å². The second-order valence-corrected chi connectivity index (χ2v) is 7.03. The van der Waals surface area contributed by atoms with Crippen LogP contribution in [0, 0.1) is 0 Å². The highest BCUT2D eigenvalue weighted by molar-refractivity contribution is 6.31. The largest absolute Gasteiger partial charge is 0.375 e. The number of rotatable bonds is 10. The SMILES string of the molecule is CCCCC(C=Nc1cccc(N(C)CC)c1)=Nc1cccc(N(C)CC)c1. The van der Waals surface area contributed by atoms with Gasteiger partial charge in [0.2, 0.25) is 0 Å². The molecule has 4 nitrogen and oxygen atoms in total. The van der Waals surface area contributed by atoms with Crippen LogP contribution in [0.3, 0.4) is 0 Å². The summed E-state index contributed by atoms with van der Waals surface area (Å²) in [6.45, 7) is 8.45. The molecule has 0 saturated carbocycles. The highest BCUT2D eigenvalue weighted by Crippen LogP contribution is 2.22. The third-order valence-electron chi connectivity index (χ3n) is 4.91. The zero-order chi connectivity index (χ0) is 20.4. The monoisotopic (exact) mass is 378 g/mol. The molecule has 0 fully saturated rings. The van der Waals surface area contributed by atoms with Crippen molar-refractivity contribution in [3.8, 4) is 0 Å². The predicted molar refractivity (Wildman–Crippen MR) is 126 cm³/mol. The molecule has 0 aromatic heterocycles. The quantitative estimate of drug-likeness (QED) is 0.457. The van der Waals surface area contributed by atoms with Crippen LogP contribution in [0.25, 0.3) is 0 Å². The Morgan fingerprint density at radius 2 is 1.43 bits per heavy atom. The molecular weight excluding hydrogens is 344 g/mol. The van der Waals surface area contributed by atoms with Crippen LogP contribution in [0.15, 0.2) is 58.5 Å². The summed E-state index contributed by atoms with van der Waals surface area (Å²) in [5.41, 5.74) is 5.33. The van der Waals surface area contributed by atoms with Crippen LogP contribution in [-0.2, 0) is 0 Å². The first-order valence-electron chi connectivity index (χ1n) is 10.3. The molecule has 150 valence electrons. The number of nitrogens with zero attached hydrogens (tertiary/aromatic N) is 4. The van der Waals surface area contributed by atoms with Crippen LogP contribution in [0.1, 0.15) is 40.0 Å². The molecule has 0 radical (unpaired) electrons. The minimum Gasteiger partial charge on any atom is -0.375 e. The molecule has 0 aliphatic carbocycles. The second kappa shape index (κ2) is 11.3. The van der Waals surface area contributed by atoms with E-state index in [1.54, 1.807) is 0 Å². The molecule has 2 rings (SSSR count). The fourth-order valence-corrected chi connectivity index (χ4v) is 2.80. The van der Waals surface area contributed by atoms with E-state index in [0.717, 1.165) is 49.4 Å². The first-order chi connectivity index (χ1) is 13.6. The van der Waals surface area contributed by atoms with Crippen molar-refractivity contribution in [2.75, 3.05) is 37.0 Å². The molecule has 2 aromatic rings. The summed E-state index contributed by atoms with van der Waals surface area (Å²) in [5, 5.41) is 0. The average molecular weight is 379 g/mol. The number of hydrogen-bond donors (Lipinski definition) is 0. The van der Waals surface area contributed by atoms with Gasteiger partial charge in [0.05, 0.1) is 17.1 Å². The van der Waals surface area contributed by atoms with Gasteiger partial charge in [0.1, 0.15) is 0 Å². The third-order valence-corrected chi connectivity index (χ3v) is 4.91. The molecule has 0 spiro atoms. The minimum absolute atomic E-state index is 0.933. The van der Waals surface area contributed by atoms with E-state index in [-0.39, 0.29) is 0 Å². The van der Waals surface area contributed by atoms with Crippen molar-refractivity contribution in [3.05, 3.63) is 48.5 Å². The fraction of sp³-hybridized carbons (Fsp3) is 0.417. The molecule has 0 saturated heterocycles. The number of unbranched alkanes of at least 4 members (excludes halogenated alkanes) is 1. The van der Waals surface area contributed by atoms with Gasteiger partial charge in [-0.05, 0) is 63.1 Å². The molecule has 2 aromatic carbocycles. The normalized spacial score (nSPS) is 11.8. The van der Waals surface area contributed by atoms with Crippen molar-refractivity contribution in [3.63, 3.8) is 0 Å². The van der Waals surface area contributed by atoms with Crippen molar-refractivity contribution in [2.24, 2.45) is 9.98 Å². The standard InChI is InChI=1S/C24H34N4/c1-6-9-12-22(26-21-14-11-16-24(18-21)28(5)8-3)19-25-20-13-10-15-23(17-20)27(4)7-2/h10-11,13-19H,6-9,12H2,1-5H3. The Kier molecular flexibility index (Phi) is 8.73. The van der Waals surface area contributed by atoms with Gasteiger partial charge in [-0.2, -0.15) is 0 Å². The Labute approximate surface area is 170 Å². The lowest BCUT2D eigenvalue weighted by Gasteiger charge is -2.17. The van der Waals surface area contributed by atoms with Crippen LogP contribution in [0.4, 0.5) is 22.7 Å². The molecule has 0 aliphatic heterocycles. The van der Waals surface area contributed by atoms with Gasteiger partial charge in [-0.25, -0.2) is 0 Å². The van der Waals surface area contributed by atoms with Gasteiger partial charge in [-0.3, -0.25) is 9.98 Å². The van der Waals surface area contributed by atoms with Crippen molar-refractivity contribution in [2.45, 2.75) is 40.0 Å². The molecule has 0 heterocycles. The molecule has 0 bridgehead atoms. The summed E-state index contributed by atoms with van der Waals surface area (Å²) in [6, 6.07) is 16.7. The van der Waals surface area contributed by atoms with Gasteiger partial charge < -0.3 is 9.80 Å². The number of anilines is 2. The van der Waals surface area contributed by atoms with Gasteiger partial charge in [-0.1, -0.05) is 25.5 Å². The molecule has 0 unspecified atom stereocenters. The van der Waals surface area contributed by atoms with Gasteiger partial charge in [0.25, 0.3) is 0 Å². The van der Waals surface area contributed by atoms with Crippen LogP contribution in [0.5, 0.6) is 0 Å². The smallest absolute Gasteiger partial charge is 0.0654 e. The predicted octanol–water partition coefficient (Wildman–Crippen LogP) is 6.26. The third kappa shape index (κ3) is 6.52. The Morgan fingerprint density at radius 3 is 2.00 bits per heavy atom. The molecule has 0 N–H and O–H groups in total. The Hall–Kier alpha value is -2.62. The van der Waals surface area contributed by atoms with Crippen molar-refractivity contribution in [1.29, 1.82) is 0 Å². The van der Waals surface area contributed by atoms with E-state index in [1.807, 2.05) is 12.3 Å². The summed E-state index contributed by atoms with van der Waals surface area (Å²) in [4.78, 5) is 14.0. The maximum Gasteiger partial charge on any atom is 0.0654 e. The highest BCUT2D eigenvalue weighted by atomic mass is 15.1. The Morgan fingerprint density at radius 1 is 0.857 bits per heavy atom. The maximum absolute atomic E-state index is 4.89. The summed E-state index contributed by atoms with van der Waals surface area (Å²) in [6.07, 6.45) is 5.11. The van der Waals surface area contributed by atoms with Crippen LogP contribution < -0.4 is 9.80 Å².